The van der Waals surface area contributed by atoms with Crippen molar-refractivity contribution in [3.05, 3.63) is 54.0 Å². The predicted octanol–water partition coefficient (Wildman–Crippen LogP) is 2.36. The molecule has 3 amide bonds. The molecule has 1 aromatic carbocycles. The summed E-state index contributed by atoms with van der Waals surface area (Å²) in [6.07, 6.45) is 1.54. The fraction of sp³-hybridized carbons (Fsp3) is 0.368. The molecule has 0 aliphatic heterocycles. The maximum absolute atomic E-state index is 12.0. The third-order valence-electron chi connectivity index (χ3n) is 3.66. The van der Waals surface area contributed by atoms with Crippen LogP contribution in [0.1, 0.15) is 25.2 Å². The lowest BCUT2D eigenvalue weighted by atomic mass is 10.2. The lowest BCUT2D eigenvalue weighted by molar-refractivity contribution is -0.122. The van der Waals surface area contributed by atoms with E-state index in [9.17, 15) is 9.59 Å². The number of carbonyl (C=O) groups is 2. The predicted molar refractivity (Wildman–Crippen MR) is 97.8 cm³/mol. The molecule has 1 aromatic heterocycles. The molecule has 0 spiro atoms. The molecular weight excluding hydrogens is 334 g/mol. The minimum atomic E-state index is -0.671. The van der Waals surface area contributed by atoms with Crippen LogP contribution in [0.4, 0.5) is 4.79 Å². The minimum absolute atomic E-state index is 0.213. The average Bonchev–Trinajstić information content (AvgIpc) is 3.12. The topological polar surface area (TPSA) is 92.6 Å². The Labute approximate surface area is 153 Å². The number of rotatable bonds is 8. The van der Waals surface area contributed by atoms with Crippen molar-refractivity contribution in [1.82, 2.24) is 16.0 Å². The first kappa shape index (κ1) is 19.4. The molecule has 7 heteroatoms. The lowest BCUT2D eigenvalue weighted by Gasteiger charge is -2.18. The first-order chi connectivity index (χ1) is 12.4. The fourth-order valence-electron chi connectivity index (χ4n) is 2.17. The number of amides is 3. The minimum Gasteiger partial charge on any atom is -0.491 e. The summed E-state index contributed by atoms with van der Waals surface area (Å²) in [5.41, 5.74) is 1.15. The van der Waals surface area contributed by atoms with E-state index in [2.05, 4.69) is 16.0 Å². The van der Waals surface area contributed by atoms with Crippen LogP contribution >= 0.6 is 0 Å². The summed E-state index contributed by atoms with van der Waals surface area (Å²) in [5.74, 6) is 1.10. The summed E-state index contributed by atoms with van der Waals surface area (Å²) in [4.78, 5) is 24.0. The van der Waals surface area contributed by atoms with Crippen molar-refractivity contribution in [2.45, 2.75) is 39.4 Å². The maximum atomic E-state index is 12.0. The van der Waals surface area contributed by atoms with Gasteiger partial charge in [0.05, 0.1) is 18.8 Å². The second-order valence-electron chi connectivity index (χ2n) is 6.16. The van der Waals surface area contributed by atoms with Gasteiger partial charge in [0.1, 0.15) is 24.2 Å². The van der Waals surface area contributed by atoms with Crippen molar-refractivity contribution in [2.75, 3.05) is 6.61 Å². The number of urea groups is 1. The zero-order valence-corrected chi connectivity index (χ0v) is 15.2. The molecule has 2 aromatic rings. The molecular formula is C19H25N3O4. The van der Waals surface area contributed by atoms with Gasteiger partial charge in [0.15, 0.2) is 0 Å². The van der Waals surface area contributed by atoms with Crippen LogP contribution in [0, 0.1) is 6.92 Å². The Balaban J connectivity index is 1.67. The van der Waals surface area contributed by atoms with Gasteiger partial charge in [-0.15, -0.1) is 0 Å². The Morgan fingerprint density at radius 2 is 1.85 bits per heavy atom. The monoisotopic (exact) mass is 359 g/mol. The van der Waals surface area contributed by atoms with Crippen LogP contribution < -0.4 is 20.7 Å². The molecule has 7 nitrogen and oxygen atoms in total. The summed E-state index contributed by atoms with van der Waals surface area (Å²) in [6.45, 7) is 6.06. The van der Waals surface area contributed by atoms with Gasteiger partial charge in [-0.2, -0.15) is 0 Å². The van der Waals surface area contributed by atoms with Gasteiger partial charge in [-0.25, -0.2) is 4.79 Å². The standard InChI is InChI=1S/C19H25N3O4/c1-13-6-8-16(9-7-13)26-12-14(2)21-19(24)22-15(3)18(23)20-11-17-5-4-10-25-17/h4-10,14-15H,11-12H2,1-3H3,(H,20,23)(H2,21,22,24)/t14-,15+/m0/s1. The van der Waals surface area contributed by atoms with E-state index in [1.54, 1.807) is 19.1 Å². The quantitative estimate of drug-likeness (QED) is 0.675. The molecule has 3 N–H and O–H groups in total. The van der Waals surface area contributed by atoms with E-state index in [0.29, 0.717) is 12.4 Å². The number of benzene rings is 1. The summed E-state index contributed by atoms with van der Waals surface area (Å²) >= 11 is 0. The molecule has 0 saturated carbocycles. The molecule has 140 valence electrons. The van der Waals surface area contributed by atoms with Crippen LogP contribution in [0.2, 0.25) is 0 Å². The van der Waals surface area contributed by atoms with E-state index < -0.39 is 12.1 Å². The summed E-state index contributed by atoms with van der Waals surface area (Å²) in [7, 11) is 0. The van der Waals surface area contributed by atoms with Gasteiger partial charge in [-0.05, 0) is 45.0 Å². The molecule has 1 heterocycles. The second-order valence-corrected chi connectivity index (χ2v) is 6.16. The van der Waals surface area contributed by atoms with Crippen molar-refractivity contribution in [2.24, 2.45) is 0 Å². The fourth-order valence-corrected chi connectivity index (χ4v) is 2.17. The van der Waals surface area contributed by atoms with Gasteiger partial charge >= 0.3 is 6.03 Å². The van der Waals surface area contributed by atoms with Gasteiger partial charge in [0, 0.05) is 0 Å². The van der Waals surface area contributed by atoms with Crippen molar-refractivity contribution < 1.29 is 18.7 Å². The maximum Gasteiger partial charge on any atom is 0.315 e. The number of hydrogen-bond acceptors (Lipinski definition) is 4. The molecule has 26 heavy (non-hydrogen) atoms. The highest BCUT2D eigenvalue weighted by atomic mass is 16.5. The van der Waals surface area contributed by atoms with Crippen molar-refractivity contribution >= 4 is 11.9 Å². The summed E-state index contributed by atoms with van der Waals surface area (Å²) < 4.78 is 10.8. The Kier molecular flexibility index (Phi) is 7.08. The average molecular weight is 359 g/mol. The smallest absolute Gasteiger partial charge is 0.315 e. The third-order valence-corrected chi connectivity index (χ3v) is 3.66. The lowest BCUT2D eigenvalue weighted by Crippen LogP contribution is -2.51. The van der Waals surface area contributed by atoms with Gasteiger partial charge in [0.2, 0.25) is 5.91 Å². The molecule has 0 radical (unpaired) electrons. The molecule has 0 aliphatic rings. The number of nitrogens with one attached hydrogen (secondary N) is 3. The molecule has 2 rings (SSSR count). The van der Waals surface area contributed by atoms with Crippen molar-refractivity contribution in [1.29, 1.82) is 0 Å². The van der Waals surface area contributed by atoms with Crippen LogP contribution in [-0.4, -0.2) is 30.6 Å². The second kappa shape index (κ2) is 9.50. The SMILES string of the molecule is Cc1ccc(OC[C@H](C)NC(=O)N[C@H](C)C(=O)NCc2ccco2)cc1. The molecule has 0 aliphatic carbocycles. The normalized spacial score (nSPS) is 12.7. The van der Waals surface area contributed by atoms with Crippen LogP contribution in [0.25, 0.3) is 0 Å². The first-order valence-corrected chi connectivity index (χ1v) is 8.50. The van der Waals surface area contributed by atoms with Gasteiger partial charge < -0.3 is 25.1 Å². The van der Waals surface area contributed by atoms with Crippen LogP contribution in [0.5, 0.6) is 5.75 Å². The van der Waals surface area contributed by atoms with Gasteiger partial charge in [-0.3, -0.25) is 4.79 Å². The van der Waals surface area contributed by atoms with Crippen molar-refractivity contribution in [3.63, 3.8) is 0 Å². The number of hydrogen-bond donors (Lipinski definition) is 3. The highest BCUT2D eigenvalue weighted by Crippen LogP contribution is 2.11. The highest BCUT2D eigenvalue weighted by Gasteiger charge is 2.17. The van der Waals surface area contributed by atoms with Gasteiger partial charge in [-0.1, -0.05) is 17.7 Å². The number of furan rings is 1. The number of ether oxygens (including phenoxy) is 1. The van der Waals surface area contributed by atoms with Crippen LogP contribution in [0.15, 0.2) is 47.1 Å². The zero-order chi connectivity index (χ0) is 18.9. The van der Waals surface area contributed by atoms with E-state index in [1.165, 1.54) is 6.26 Å². The van der Waals surface area contributed by atoms with Crippen molar-refractivity contribution in [3.8, 4) is 5.75 Å². The Morgan fingerprint density at radius 3 is 2.50 bits per heavy atom. The van der Waals surface area contributed by atoms with E-state index >= 15 is 0 Å². The van der Waals surface area contributed by atoms with Crippen LogP contribution in [0.3, 0.4) is 0 Å². The first-order valence-electron chi connectivity index (χ1n) is 8.50. The van der Waals surface area contributed by atoms with E-state index in [1.807, 2.05) is 38.1 Å². The van der Waals surface area contributed by atoms with E-state index in [4.69, 9.17) is 9.15 Å². The van der Waals surface area contributed by atoms with E-state index in [0.717, 1.165) is 11.3 Å². The molecule has 0 fully saturated rings. The number of carbonyl (C=O) groups excluding carboxylic acids is 2. The van der Waals surface area contributed by atoms with Gasteiger partial charge in [0.25, 0.3) is 0 Å². The number of aryl methyl sites for hydroxylation is 1. The zero-order valence-electron chi connectivity index (χ0n) is 15.2. The molecule has 0 saturated heterocycles. The third kappa shape index (κ3) is 6.51. The largest absolute Gasteiger partial charge is 0.491 e. The Hall–Kier alpha value is -2.96. The molecule has 0 bridgehead atoms. The highest BCUT2D eigenvalue weighted by molar-refractivity contribution is 5.86. The Bertz CT molecular complexity index is 698. The van der Waals surface area contributed by atoms with Crippen LogP contribution in [-0.2, 0) is 11.3 Å². The van der Waals surface area contributed by atoms with E-state index in [-0.39, 0.29) is 18.5 Å². The summed E-state index contributed by atoms with van der Waals surface area (Å²) in [5, 5.41) is 8.04. The summed E-state index contributed by atoms with van der Waals surface area (Å²) in [6, 6.07) is 9.89. The Morgan fingerprint density at radius 1 is 1.12 bits per heavy atom. The molecule has 2 atom stereocenters. The molecule has 0 unspecified atom stereocenters.